The Kier molecular flexibility index (Phi) is 3.60. The first kappa shape index (κ1) is 14.0. The van der Waals surface area contributed by atoms with E-state index in [0.717, 1.165) is 28.2 Å². The van der Waals surface area contributed by atoms with Gasteiger partial charge in [0.05, 0.1) is 5.92 Å². The van der Waals surface area contributed by atoms with Crippen molar-refractivity contribution in [3.05, 3.63) is 82.0 Å². The number of hydrogen-bond donors (Lipinski definition) is 1. The molecule has 4 rings (SSSR count). The normalized spacial score (nSPS) is 12.9. The highest BCUT2D eigenvalue weighted by atomic mass is 32.1. The van der Waals surface area contributed by atoms with E-state index in [1.165, 1.54) is 0 Å². The van der Waals surface area contributed by atoms with Crippen LogP contribution < -0.4 is 10.1 Å². The fourth-order valence-corrected chi connectivity index (χ4v) is 3.55. The second kappa shape index (κ2) is 5.89. The van der Waals surface area contributed by atoms with Crippen LogP contribution in [0.3, 0.4) is 0 Å². The van der Waals surface area contributed by atoms with Crippen molar-refractivity contribution < 1.29 is 9.53 Å². The van der Waals surface area contributed by atoms with Crippen LogP contribution in [-0.2, 0) is 11.3 Å². The molecule has 0 bridgehead atoms. The zero-order valence-electron chi connectivity index (χ0n) is 12.4. The fourth-order valence-electron chi connectivity index (χ4n) is 2.88. The molecule has 23 heavy (non-hydrogen) atoms. The summed E-state index contributed by atoms with van der Waals surface area (Å²) in [6, 6.07) is 17.5. The third kappa shape index (κ3) is 2.62. The number of thiophene rings is 1. The van der Waals surface area contributed by atoms with Crippen molar-refractivity contribution in [1.82, 2.24) is 5.32 Å². The summed E-state index contributed by atoms with van der Waals surface area (Å²) in [7, 11) is 0. The summed E-state index contributed by atoms with van der Waals surface area (Å²) in [6.07, 6.45) is 0. The summed E-state index contributed by atoms with van der Waals surface area (Å²) in [6.45, 7) is 0.546. The van der Waals surface area contributed by atoms with Gasteiger partial charge in [0.25, 0.3) is 0 Å². The minimum atomic E-state index is -0.338. The maximum Gasteiger partial charge on any atom is 0.232 e. The first-order chi connectivity index (χ1) is 11.3. The smallest absolute Gasteiger partial charge is 0.232 e. The molecule has 3 nitrogen and oxygen atoms in total. The van der Waals surface area contributed by atoms with Crippen molar-refractivity contribution in [3.63, 3.8) is 0 Å². The van der Waals surface area contributed by atoms with Gasteiger partial charge in [-0.25, -0.2) is 0 Å². The molecule has 114 valence electrons. The molecule has 2 aromatic carbocycles. The highest BCUT2D eigenvalue weighted by Crippen LogP contribution is 2.43. The van der Waals surface area contributed by atoms with Crippen molar-refractivity contribution in [2.45, 2.75) is 12.5 Å². The largest absolute Gasteiger partial charge is 0.457 e. The molecular weight excluding hydrogens is 306 g/mol. The van der Waals surface area contributed by atoms with Crippen molar-refractivity contribution in [3.8, 4) is 11.5 Å². The number of benzene rings is 2. The summed E-state index contributed by atoms with van der Waals surface area (Å²) >= 11 is 1.63. The summed E-state index contributed by atoms with van der Waals surface area (Å²) in [5, 5.41) is 7.11. The molecule has 0 aliphatic carbocycles. The Bertz CT molecular complexity index is 797. The number of rotatable bonds is 3. The van der Waals surface area contributed by atoms with Gasteiger partial charge in [0.15, 0.2) is 0 Å². The minimum absolute atomic E-state index is 0.000556. The molecule has 0 saturated heterocycles. The van der Waals surface area contributed by atoms with Gasteiger partial charge in [0.1, 0.15) is 11.5 Å². The van der Waals surface area contributed by atoms with Crippen molar-refractivity contribution in [1.29, 1.82) is 0 Å². The quantitative estimate of drug-likeness (QED) is 0.781. The average Bonchev–Trinajstić information content (AvgIpc) is 3.11. The minimum Gasteiger partial charge on any atom is -0.457 e. The topological polar surface area (TPSA) is 38.3 Å². The van der Waals surface area contributed by atoms with Gasteiger partial charge in [-0.2, -0.15) is 11.3 Å². The van der Waals surface area contributed by atoms with E-state index in [4.69, 9.17) is 4.74 Å². The van der Waals surface area contributed by atoms with Gasteiger partial charge in [-0.1, -0.05) is 36.4 Å². The van der Waals surface area contributed by atoms with Gasteiger partial charge < -0.3 is 10.1 Å². The third-order valence-corrected chi connectivity index (χ3v) is 4.72. The molecule has 0 spiro atoms. The van der Waals surface area contributed by atoms with Crippen molar-refractivity contribution in [2.75, 3.05) is 0 Å². The molecule has 3 aromatic rings. The van der Waals surface area contributed by atoms with Gasteiger partial charge >= 0.3 is 0 Å². The van der Waals surface area contributed by atoms with Gasteiger partial charge in [0, 0.05) is 17.7 Å². The van der Waals surface area contributed by atoms with Crippen LogP contribution in [0, 0.1) is 0 Å². The van der Waals surface area contributed by atoms with Crippen LogP contribution in [-0.4, -0.2) is 5.91 Å². The van der Waals surface area contributed by atoms with Gasteiger partial charge in [-0.05, 0) is 34.5 Å². The maximum absolute atomic E-state index is 12.9. The lowest BCUT2D eigenvalue weighted by Crippen LogP contribution is -2.31. The highest BCUT2D eigenvalue weighted by Gasteiger charge is 2.32. The maximum atomic E-state index is 12.9. The second-order valence-corrected chi connectivity index (χ2v) is 6.24. The number of ether oxygens (including phenoxy) is 1. The Labute approximate surface area is 138 Å². The molecule has 1 aromatic heterocycles. The van der Waals surface area contributed by atoms with Crippen LogP contribution in [0.25, 0.3) is 0 Å². The predicted octanol–water partition coefficient (Wildman–Crippen LogP) is 4.30. The van der Waals surface area contributed by atoms with E-state index in [9.17, 15) is 4.79 Å². The number of hydrogen-bond acceptors (Lipinski definition) is 3. The van der Waals surface area contributed by atoms with E-state index >= 15 is 0 Å². The van der Waals surface area contributed by atoms with Crippen molar-refractivity contribution in [2.24, 2.45) is 0 Å². The van der Waals surface area contributed by atoms with Crippen LogP contribution >= 0.6 is 11.3 Å². The van der Waals surface area contributed by atoms with E-state index in [2.05, 4.69) is 5.32 Å². The molecule has 0 fully saturated rings. The lowest BCUT2D eigenvalue weighted by Gasteiger charge is -2.27. The van der Waals surface area contributed by atoms with E-state index < -0.39 is 0 Å². The number of para-hydroxylation sites is 2. The molecule has 0 radical (unpaired) electrons. The molecule has 0 saturated carbocycles. The average molecular weight is 321 g/mol. The van der Waals surface area contributed by atoms with E-state index in [0.29, 0.717) is 6.54 Å². The zero-order chi connectivity index (χ0) is 15.6. The van der Waals surface area contributed by atoms with E-state index in [-0.39, 0.29) is 11.8 Å². The van der Waals surface area contributed by atoms with Gasteiger partial charge in [0.2, 0.25) is 5.91 Å². The molecule has 1 aliphatic rings. The Hall–Kier alpha value is -2.59. The van der Waals surface area contributed by atoms with Gasteiger partial charge in [-0.3, -0.25) is 4.79 Å². The molecule has 2 heterocycles. The van der Waals surface area contributed by atoms with Crippen molar-refractivity contribution >= 4 is 17.2 Å². The number of nitrogens with one attached hydrogen (secondary N) is 1. The summed E-state index contributed by atoms with van der Waals surface area (Å²) in [5.74, 6) is 1.16. The molecule has 0 unspecified atom stereocenters. The van der Waals surface area contributed by atoms with Crippen LogP contribution in [0.15, 0.2) is 65.4 Å². The number of amides is 1. The molecule has 0 atom stereocenters. The Morgan fingerprint density at radius 1 is 1.00 bits per heavy atom. The predicted molar refractivity (Wildman–Crippen MR) is 91.0 cm³/mol. The number of carbonyl (C=O) groups is 1. The molecule has 1 amide bonds. The lowest BCUT2D eigenvalue weighted by atomic mass is 9.87. The number of carbonyl (C=O) groups excluding carboxylic acids is 1. The standard InChI is InChI=1S/C19H15NO2S/c21-19(20-11-13-9-10-23-12-13)18-14-5-1-3-7-16(14)22-17-8-4-2-6-15(17)18/h1-10,12,18H,11H2,(H,20,21). The molecule has 1 aliphatic heterocycles. The fraction of sp³-hybridized carbons (Fsp3) is 0.105. The highest BCUT2D eigenvalue weighted by molar-refractivity contribution is 7.07. The SMILES string of the molecule is O=C(NCc1ccsc1)C1c2ccccc2Oc2ccccc21. The van der Waals surface area contributed by atoms with Crippen LogP contribution in [0.2, 0.25) is 0 Å². The summed E-state index contributed by atoms with van der Waals surface area (Å²) < 4.78 is 5.93. The molecule has 4 heteroatoms. The molecule has 1 N–H and O–H groups in total. The molecular formula is C19H15NO2S. The van der Waals surface area contributed by atoms with Gasteiger partial charge in [-0.15, -0.1) is 0 Å². The first-order valence-corrected chi connectivity index (χ1v) is 8.42. The Morgan fingerprint density at radius 2 is 1.65 bits per heavy atom. The van der Waals surface area contributed by atoms with Crippen LogP contribution in [0.4, 0.5) is 0 Å². The monoisotopic (exact) mass is 321 g/mol. The first-order valence-electron chi connectivity index (χ1n) is 7.47. The summed E-state index contributed by atoms with van der Waals surface area (Å²) in [5.41, 5.74) is 2.94. The van der Waals surface area contributed by atoms with Crippen LogP contribution in [0.5, 0.6) is 11.5 Å². The van der Waals surface area contributed by atoms with E-state index in [1.807, 2.05) is 65.4 Å². The summed E-state index contributed by atoms with van der Waals surface area (Å²) in [4.78, 5) is 12.9. The van der Waals surface area contributed by atoms with Crippen LogP contribution in [0.1, 0.15) is 22.6 Å². The third-order valence-electron chi connectivity index (χ3n) is 3.99. The Balaban J connectivity index is 1.68. The number of fused-ring (bicyclic) bond motifs is 2. The second-order valence-electron chi connectivity index (χ2n) is 5.46. The van der Waals surface area contributed by atoms with E-state index in [1.54, 1.807) is 11.3 Å². The lowest BCUT2D eigenvalue weighted by molar-refractivity contribution is -0.122. The zero-order valence-corrected chi connectivity index (χ0v) is 13.2. The Morgan fingerprint density at radius 3 is 2.26 bits per heavy atom.